The molecule has 1 aromatic rings. The van der Waals surface area contributed by atoms with Crippen LogP contribution in [0.15, 0.2) is 12.3 Å². The van der Waals surface area contributed by atoms with Crippen LogP contribution in [0.5, 0.6) is 0 Å². The minimum Gasteiger partial charge on any atom is -0.456 e. The lowest BCUT2D eigenvalue weighted by molar-refractivity contribution is -0.632. The quantitative estimate of drug-likeness (QED) is 0.628. The van der Waals surface area contributed by atoms with Crippen LogP contribution < -0.4 is 0 Å². The van der Waals surface area contributed by atoms with E-state index in [-0.39, 0.29) is 16.8 Å². The van der Waals surface area contributed by atoms with E-state index >= 15 is 0 Å². The molecule has 1 heterocycles. The number of carbonyl (C=O) groups is 1. The molecule has 0 N–H and O–H groups in total. The average Bonchev–Trinajstić information content (AvgIpc) is 2.56. The van der Waals surface area contributed by atoms with E-state index < -0.39 is 11.6 Å². The summed E-state index contributed by atoms with van der Waals surface area (Å²) in [7, 11) is 0. The van der Waals surface area contributed by atoms with E-state index in [9.17, 15) is 9.70 Å². The van der Waals surface area contributed by atoms with Crippen LogP contribution in [0.1, 0.15) is 45.0 Å². The smallest absolute Gasteiger partial charge is 0.340 e. The van der Waals surface area contributed by atoms with Crippen molar-refractivity contribution in [1.29, 1.82) is 0 Å². The van der Waals surface area contributed by atoms with Gasteiger partial charge >= 0.3 is 5.97 Å². The third kappa shape index (κ3) is 3.57. The summed E-state index contributed by atoms with van der Waals surface area (Å²) >= 11 is 5.91. The second kappa shape index (κ2) is 5.10. The first-order valence-electron chi connectivity index (χ1n) is 5.69. The van der Waals surface area contributed by atoms with Gasteiger partial charge in [0.1, 0.15) is 10.5 Å². The van der Waals surface area contributed by atoms with Gasteiger partial charge in [0.25, 0.3) is 0 Å². The first-order chi connectivity index (χ1) is 8.11. The van der Waals surface area contributed by atoms with Gasteiger partial charge in [-0.3, -0.25) is 0 Å². The zero-order valence-corrected chi connectivity index (χ0v) is 12.0. The SMILES string of the molecule is CC(C)[N+](=O)n1cc(C(=O)OC(C)(C)C)cc1Cl. The number of aromatic nitrogens is 1. The first kappa shape index (κ1) is 14.7. The van der Waals surface area contributed by atoms with Crippen molar-refractivity contribution in [2.24, 2.45) is 0 Å². The summed E-state index contributed by atoms with van der Waals surface area (Å²) < 4.78 is 6.39. The van der Waals surface area contributed by atoms with Crippen molar-refractivity contribution in [1.82, 2.24) is 4.68 Å². The van der Waals surface area contributed by atoms with Crippen molar-refractivity contribution >= 4 is 17.6 Å². The Labute approximate surface area is 111 Å². The number of ether oxygens (including phenoxy) is 1. The molecule has 0 fully saturated rings. The summed E-state index contributed by atoms with van der Waals surface area (Å²) in [4.78, 5) is 24.2. The van der Waals surface area contributed by atoms with Gasteiger partial charge in [-0.05, 0) is 26.8 Å². The number of halogens is 1. The van der Waals surface area contributed by atoms with Crippen LogP contribution in [-0.2, 0) is 4.74 Å². The normalized spacial score (nSPS) is 11.7. The van der Waals surface area contributed by atoms with E-state index in [0.717, 1.165) is 0 Å². The van der Waals surface area contributed by atoms with Gasteiger partial charge in [-0.15, -0.1) is 0 Å². The van der Waals surface area contributed by atoms with E-state index in [2.05, 4.69) is 0 Å². The largest absolute Gasteiger partial charge is 0.456 e. The Hall–Kier alpha value is -1.36. The highest BCUT2D eigenvalue weighted by Crippen LogP contribution is 2.18. The van der Waals surface area contributed by atoms with Gasteiger partial charge in [0, 0.05) is 13.8 Å². The number of carbonyl (C=O) groups excluding carboxylic acids is 1. The Kier molecular flexibility index (Phi) is 4.16. The minimum absolute atomic E-state index is 0.180. The van der Waals surface area contributed by atoms with Crippen LogP contribution in [-0.4, -0.2) is 27.2 Å². The number of nitrogens with zero attached hydrogens (tertiary/aromatic N) is 2. The average molecular weight is 274 g/mol. The number of esters is 1. The van der Waals surface area contributed by atoms with Gasteiger partial charge in [-0.25, -0.2) is 4.79 Å². The van der Waals surface area contributed by atoms with Crippen LogP contribution in [0.3, 0.4) is 0 Å². The molecular formula is C12H18ClN2O3+. The molecular weight excluding hydrogens is 256 g/mol. The predicted molar refractivity (Wildman–Crippen MR) is 68.8 cm³/mol. The zero-order chi connectivity index (χ0) is 14.1. The Balaban J connectivity index is 2.98. The summed E-state index contributed by atoms with van der Waals surface area (Å²) in [6.07, 6.45) is 1.38. The van der Waals surface area contributed by atoms with Crippen molar-refractivity contribution < 1.29 is 14.4 Å². The molecule has 0 saturated carbocycles. The minimum atomic E-state index is -0.582. The second-order valence-electron chi connectivity index (χ2n) is 5.29. The van der Waals surface area contributed by atoms with Crippen molar-refractivity contribution in [3.8, 4) is 0 Å². The molecule has 0 bridgehead atoms. The summed E-state index contributed by atoms with van der Waals surface area (Å²) in [6, 6.07) is 1.14. The van der Waals surface area contributed by atoms with Crippen molar-refractivity contribution in [2.75, 3.05) is 0 Å². The van der Waals surface area contributed by atoms with E-state index in [1.165, 1.54) is 16.9 Å². The van der Waals surface area contributed by atoms with Crippen LogP contribution >= 0.6 is 11.6 Å². The van der Waals surface area contributed by atoms with Crippen molar-refractivity contribution in [3.63, 3.8) is 0 Å². The molecule has 18 heavy (non-hydrogen) atoms. The highest BCUT2D eigenvalue weighted by molar-refractivity contribution is 6.30. The molecule has 0 spiro atoms. The summed E-state index contributed by atoms with van der Waals surface area (Å²) in [5, 5.41) is 0.180. The van der Waals surface area contributed by atoms with Crippen LogP contribution in [0.25, 0.3) is 0 Å². The molecule has 0 aromatic carbocycles. The maximum Gasteiger partial charge on any atom is 0.340 e. The molecule has 5 nitrogen and oxygen atoms in total. The lowest BCUT2D eigenvalue weighted by Crippen LogP contribution is -2.24. The Morgan fingerprint density at radius 3 is 2.44 bits per heavy atom. The van der Waals surface area contributed by atoms with E-state index in [1.807, 2.05) is 0 Å². The molecule has 1 rings (SSSR count). The molecule has 6 heteroatoms. The molecule has 1 aromatic heterocycles. The van der Waals surface area contributed by atoms with Gasteiger partial charge in [-0.2, -0.15) is 0 Å². The lowest BCUT2D eigenvalue weighted by atomic mass is 10.2. The maximum atomic E-state index is 11.8. The van der Waals surface area contributed by atoms with Gasteiger partial charge in [-0.1, -0.05) is 16.3 Å². The molecule has 0 aliphatic rings. The molecule has 0 amide bonds. The summed E-state index contributed by atoms with van der Waals surface area (Å²) in [5.74, 6) is -0.500. The van der Waals surface area contributed by atoms with Crippen LogP contribution in [0.4, 0.5) is 0 Å². The molecule has 0 atom stereocenters. The van der Waals surface area contributed by atoms with Crippen molar-refractivity contribution in [2.45, 2.75) is 46.3 Å². The predicted octanol–water partition coefficient (Wildman–Crippen LogP) is 3.05. The fourth-order valence-corrected chi connectivity index (χ4v) is 1.51. The van der Waals surface area contributed by atoms with Gasteiger partial charge in [0.05, 0.1) is 16.7 Å². The molecule has 0 radical (unpaired) electrons. The second-order valence-corrected chi connectivity index (χ2v) is 5.68. The summed E-state index contributed by atoms with van der Waals surface area (Å²) in [5.41, 5.74) is -0.322. The number of nitroso groups, excluding NO2 is 1. The third-order valence-electron chi connectivity index (χ3n) is 2.04. The Morgan fingerprint density at radius 2 is 2.00 bits per heavy atom. The van der Waals surface area contributed by atoms with Crippen LogP contribution in [0, 0.1) is 4.91 Å². The van der Waals surface area contributed by atoms with E-state index in [0.29, 0.717) is 4.87 Å². The lowest BCUT2D eigenvalue weighted by Gasteiger charge is -2.18. The first-order valence-corrected chi connectivity index (χ1v) is 6.07. The molecule has 0 aliphatic heterocycles. The van der Waals surface area contributed by atoms with Crippen molar-refractivity contribution in [3.05, 3.63) is 27.9 Å². The van der Waals surface area contributed by atoms with Gasteiger partial charge in [0.15, 0.2) is 5.15 Å². The third-order valence-corrected chi connectivity index (χ3v) is 2.33. The monoisotopic (exact) mass is 273 g/mol. The number of rotatable bonds is 3. The fourth-order valence-electron chi connectivity index (χ4n) is 1.27. The standard InChI is InChI=1S/C12H18ClN2O3/c1-8(2)15(17)14-7-9(6-10(14)13)11(16)18-12(3,4)5/h6-8H,1-5H3/q+1. The molecule has 100 valence electrons. The van der Waals surface area contributed by atoms with E-state index in [1.54, 1.807) is 34.6 Å². The van der Waals surface area contributed by atoms with Gasteiger partial charge in [0.2, 0.25) is 6.04 Å². The Bertz CT molecular complexity index is 472. The van der Waals surface area contributed by atoms with Crippen LogP contribution in [0.2, 0.25) is 5.15 Å². The van der Waals surface area contributed by atoms with Gasteiger partial charge < -0.3 is 4.74 Å². The number of hydrogen-bond donors (Lipinski definition) is 0. The Morgan fingerprint density at radius 1 is 1.44 bits per heavy atom. The topological polar surface area (TPSA) is 51.3 Å². The highest BCUT2D eigenvalue weighted by Gasteiger charge is 2.25. The maximum absolute atomic E-state index is 11.8. The molecule has 0 saturated heterocycles. The summed E-state index contributed by atoms with van der Waals surface area (Å²) in [6.45, 7) is 8.79. The number of hydrogen-bond acceptors (Lipinski definition) is 3. The zero-order valence-electron chi connectivity index (χ0n) is 11.2. The highest BCUT2D eigenvalue weighted by atomic mass is 35.5. The van der Waals surface area contributed by atoms with E-state index in [4.69, 9.17) is 16.3 Å². The fraction of sp³-hybridized carbons (Fsp3) is 0.583. The molecule has 0 unspecified atom stereocenters. The molecule has 0 aliphatic carbocycles.